The molecule has 0 saturated carbocycles. The molecule has 0 spiro atoms. The second kappa shape index (κ2) is 6.67. The molecule has 2 heterocycles. The number of anilines is 1. The second-order valence-corrected chi connectivity index (χ2v) is 5.97. The molecule has 0 unspecified atom stereocenters. The fourth-order valence-corrected chi connectivity index (χ4v) is 2.75. The zero-order valence-corrected chi connectivity index (χ0v) is 12.5. The Morgan fingerprint density at radius 3 is 3.05 bits per heavy atom. The standard InChI is InChI=1S/C14H19N3O2S/c1-9(2)8-19-7-6-17-14(18)13-11(15)12-10(20-13)4-3-5-16-12/h3-5,9H,6-8,15H2,1-2H3,(H,17,18). The van der Waals surface area contributed by atoms with Crippen molar-refractivity contribution in [3.63, 3.8) is 0 Å². The van der Waals surface area contributed by atoms with Crippen LogP contribution < -0.4 is 11.1 Å². The Morgan fingerprint density at radius 1 is 1.55 bits per heavy atom. The highest BCUT2D eigenvalue weighted by atomic mass is 32.1. The molecule has 0 atom stereocenters. The number of aromatic nitrogens is 1. The van der Waals surface area contributed by atoms with E-state index in [9.17, 15) is 4.79 Å². The SMILES string of the molecule is CC(C)COCCNC(=O)c1sc2cccnc2c1N. The van der Waals surface area contributed by atoms with Crippen LogP contribution in [0.15, 0.2) is 18.3 Å². The minimum absolute atomic E-state index is 0.168. The number of nitrogens with two attached hydrogens (primary N) is 1. The number of fused-ring (bicyclic) bond motifs is 1. The first-order valence-electron chi connectivity index (χ1n) is 6.58. The Hall–Kier alpha value is -1.66. The summed E-state index contributed by atoms with van der Waals surface area (Å²) in [5, 5.41) is 2.81. The summed E-state index contributed by atoms with van der Waals surface area (Å²) in [5.41, 5.74) is 7.11. The second-order valence-electron chi connectivity index (χ2n) is 4.92. The quantitative estimate of drug-likeness (QED) is 0.801. The Labute approximate surface area is 122 Å². The third-order valence-corrected chi connectivity index (χ3v) is 3.83. The molecule has 0 aliphatic heterocycles. The van der Waals surface area contributed by atoms with E-state index in [1.807, 2.05) is 12.1 Å². The first-order chi connectivity index (χ1) is 9.59. The Balaban J connectivity index is 1.93. The topological polar surface area (TPSA) is 77.2 Å². The lowest BCUT2D eigenvalue weighted by Gasteiger charge is -2.07. The largest absolute Gasteiger partial charge is 0.396 e. The third-order valence-electron chi connectivity index (χ3n) is 2.67. The van der Waals surface area contributed by atoms with Crippen molar-refractivity contribution < 1.29 is 9.53 Å². The van der Waals surface area contributed by atoms with Crippen LogP contribution in [-0.4, -0.2) is 30.6 Å². The first kappa shape index (κ1) is 14.7. The van der Waals surface area contributed by atoms with Gasteiger partial charge in [0.15, 0.2) is 0 Å². The number of rotatable bonds is 6. The van der Waals surface area contributed by atoms with Crippen molar-refractivity contribution in [3.05, 3.63) is 23.2 Å². The van der Waals surface area contributed by atoms with E-state index in [0.717, 1.165) is 4.70 Å². The van der Waals surface area contributed by atoms with Gasteiger partial charge in [0.05, 0.1) is 17.0 Å². The van der Waals surface area contributed by atoms with Gasteiger partial charge < -0.3 is 15.8 Å². The van der Waals surface area contributed by atoms with Crippen LogP contribution in [0.3, 0.4) is 0 Å². The van der Waals surface area contributed by atoms with Crippen molar-refractivity contribution in [1.29, 1.82) is 0 Å². The van der Waals surface area contributed by atoms with Crippen molar-refractivity contribution in [2.45, 2.75) is 13.8 Å². The van der Waals surface area contributed by atoms with Gasteiger partial charge in [-0.05, 0) is 18.1 Å². The number of carbonyl (C=O) groups excluding carboxylic acids is 1. The number of amides is 1. The van der Waals surface area contributed by atoms with Crippen molar-refractivity contribution in [3.8, 4) is 0 Å². The van der Waals surface area contributed by atoms with Crippen molar-refractivity contribution in [1.82, 2.24) is 10.3 Å². The lowest BCUT2D eigenvalue weighted by molar-refractivity contribution is 0.0890. The fraction of sp³-hybridized carbons (Fsp3) is 0.429. The summed E-state index contributed by atoms with van der Waals surface area (Å²) in [7, 11) is 0. The lowest BCUT2D eigenvalue weighted by Crippen LogP contribution is -2.27. The molecule has 6 heteroatoms. The van der Waals surface area contributed by atoms with Crippen LogP contribution in [0.1, 0.15) is 23.5 Å². The van der Waals surface area contributed by atoms with Crippen LogP contribution in [-0.2, 0) is 4.74 Å². The summed E-state index contributed by atoms with van der Waals surface area (Å²) in [5.74, 6) is 0.327. The Kier molecular flexibility index (Phi) is 4.92. The summed E-state index contributed by atoms with van der Waals surface area (Å²) in [6.45, 7) is 5.86. The molecular formula is C14H19N3O2S. The number of hydrogen-bond donors (Lipinski definition) is 2. The fourth-order valence-electron chi connectivity index (χ4n) is 1.75. The van der Waals surface area contributed by atoms with Gasteiger partial charge >= 0.3 is 0 Å². The maximum atomic E-state index is 12.1. The van der Waals surface area contributed by atoms with Gasteiger partial charge in [-0.15, -0.1) is 11.3 Å². The Bertz CT molecular complexity index is 595. The average molecular weight is 293 g/mol. The number of hydrogen-bond acceptors (Lipinski definition) is 5. The van der Waals surface area contributed by atoms with E-state index in [-0.39, 0.29) is 5.91 Å². The van der Waals surface area contributed by atoms with E-state index in [0.29, 0.717) is 41.8 Å². The molecule has 0 bridgehead atoms. The molecular weight excluding hydrogens is 274 g/mol. The van der Waals surface area contributed by atoms with Crippen molar-refractivity contribution in [2.24, 2.45) is 5.92 Å². The summed E-state index contributed by atoms with van der Waals surface area (Å²) >= 11 is 1.36. The number of carbonyl (C=O) groups is 1. The van der Waals surface area contributed by atoms with Crippen LogP contribution in [0.4, 0.5) is 5.69 Å². The number of pyridine rings is 1. The number of nitrogens with one attached hydrogen (secondary N) is 1. The molecule has 3 N–H and O–H groups in total. The first-order valence-corrected chi connectivity index (χ1v) is 7.40. The van der Waals surface area contributed by atoms with Gasteiger partial charge in [-0.3, -0.25) is 9.78 Å². The van der Waals surface area contributed by atoms with E-state index in [2.05, 4.69) is 24.1 Å². The van der Waals surface area contributed by atoms with Gasteiger partial charge in [0.25, 0.3) is 5.91 Å². The zero-order valence-electron chi connectivity index (χ0n) is 11.7. The molecule has 5 nitrogen and oxygen atoms in total. The molecule has 2 aromatic rings. The highest BCUT2D eigenvalue weighted by Gasteiger charge is 2.16. The monoisotopic (exact) mass is 293 g/mol. The minimum atomic E-state index is -0.168. The molecule has 0 fully saturated rings. The molecule has 2 rings (SSSR count). The molecule has 0 saturated heterocycles. The molecule has 20 heavy (non-hydrogen) atoms. The van der Waals surface area contributed by atoms with E-state index < -0.39 is 0 Å². The molecule has 0 aliphatic rings. The van der Waals surface area contributed by atoms with Gasteiger partial charge in [-0.1, -0.05) is 13.8 Å². The molecule has 0 radical (unpaired) electrons. The van der Waals surface area contributed by atoms with E-state index in [4.69, 9.17) is 10.5 Å². The molecule has 1 amide bonds. The number of nitrogens with zero attached hydrogens (tertiary/aromatic N) is 1. The highest BCUT2D eigenvalue weighted by molar-refractivity contribution is 7.21. The summed E-state index contributed by atoms with van der Waals surface area (Å²) in [4.78, 5) is 16.8. The smallest absolute Gasteiger partial charge is 0.263 e. The van der Waals surface area contributed by atoms with E-state index in [1.54, 1.807) is 6.20 Å². The maximum absolute atomic E-state index is 12.1. The van der Waals surface area contributed by atoms with Gasteiger partial charge in [0.2, 0.25) is 0 Å². The third kappa shape index (κ3) is 3.46. The van der Waals surface area contributed by atoms with Gasteiger partial charge in [0, 0.05) is 19.3 Å². The number of ether oxygens (including phenoxy) is 1. The minimum Gasteiger partial charge on any atom is -0.396 e. The summed E-state index contributed by atoms with van der Waals surface area (Å²) in [6, 6.07) is 3.74. The predicted molar refractivity (Wildman–Crippen MR) is 82.0 cm³/mol. The normalized spacial score (nSPS) is 11.2. The van der Waals surface area contributed by atoms with E-state index >= 15 is 0 Å². The van der Waals surface area contributed by atoms with Gasteiger partial charge in [-0.25, -0.2) is 0 Å². The van der Waals surface area contributed by atoms with Gasteiger partial charge in [0.1, 0.15) is 10.4 Å². The van der Waals surface area contributed by atoms with Crippen LogP contribution in [0.25, 0.3) is 10.2 Å². The maximum Gasteiger partial charge on any atom is 0.263 e. The summed E-state index contributed by atoms with van der Waals surface area (Å²) in [6.07, 6.45) is 1.67. The highest BCUT2D eigenvalue weighted by Crippen LogP contribution is 2.31. The molecule has 0 aromatic carbocycles. The lowest BCUT2D eigenvalue weighted by atomic mass is 10.2. The predicted octanol–water partition coefficient (Wildman–Crippen LogP) is 2.28. The van der Waals surface area contributed by atoms with Crippen molar-refractivity contribution in [2.75, 3.05) is 25.5 Å². The van der Waals surface area contributed by atoms with Crippen molar-refractivity contribution >= 4 is 33.1 Å². The molecule has 0 aliphatic carbocycles. The van der Waals surface area contributed by atoms with Gasteiger partial charge in [-0.2, -0.15) is 0 Å². The molecule has 108 valence electrons. The number of thiophene rings is 1. The van der Waals surface area contributed by atoms with Crippen LogP contribution >= 0.6 is 11.3 Å². The number of nitrogen functional groups attached to an aromatic ring is 1. The van der Waals surface area contributed by atoms with Crippen LogP contribution in [0.2, 0.25) is 0 Å². The summed E-state index contributed by atoms with van der Waals surface area (Å²) < 4.78 is 6.34. The molecule has 2 aromatic heterocycles. The van der Waals surface area contributed by atoms with Crippen LogP contribution in [0.5, 0.6) is 0 Å². The van der Waals surface area contributed by atoms with E-state index in [1.165, 1.54) is 11.3 Å². The zero-order chi connectivity index (χ0) is 14.5. The average Bonchev–Trinajstić information content (AvgIpc) is 2.76. The van der Waals surface area contributed by atoms with Crippen LogP contribution in [0, 0.1) is 5.92 Å². The Morgan fingerprint density at radius 2 is 2.35 bits per heavy atom.